The van der Waals surface area contributed by atoms with Gasteiger partial charge in [-0.3, -0.25) is 9.59 Å². The molecule has 6 heteroatoms. The first-order valence-corrected chi connectivity index (χ1v) is 8.21. The van der Waals surface area contributed by atoms with Crippen LogP contribution in [0.5, 0.6) is 0 Å². The Kier molecular flexibility index (Phi) is 5.52. The minimum absolute atomic E-state index is 0.134. The molecule has 0 saturated carbocycles. The highest BCUT2D eigenvalue weighted by Crippen LogP contribution is 2.24. The number of hydrogen-bond donors (Lipinski definition) is 2. The Labute approximate surface area is 135 Å². The smallest absolute Gasteiger partial charge is 0.266 e. The molecule has 1 heterocycles. The molecule has 0 bridgehead atoms. The van der Waals surface area contributed by atoms with Crippen LogP contribution in [0.3, 0.4) is 0 Å². The number of carbonyl (C=O) groups excluding carboxylic acids is 2. The topological polar surface area (TPSA) is 58.2 Å². The summed E-state index contributed by atoms with van der Waals surface area (Å²) in [5, 5.41) is 7.45. The lowest BCUT2D eigenvalue weighted by Crippen LogP contribution is -2.24. The lowest BCUT2D eigenvalue weighted by molar-refractivity contribution is 0.0952. The van der Waals surface area contributed by atoms with Gasteiger partial charge in [-0.2, -0.15) is 0 Å². The number of carbonyl (C=O) groups is 2. The van der Waals surface area contributed by atoms with Crippen molar-refractivity contribution in [3.05, 3.63) is 50.6 Å². The zero-order valence-electron chi connectivity index (χ0n) is 11.5. The zero-order valence-corrected chi connectivity index (χ0v) is 13.9. The van der Waals surface area contributed by atoms with E-state index in [1.807, 2.05) is 18.4 Å². The van der Waals surface area contributed by atoms with E-state index in [0.717, 1.165) is 10.9 Å². The number of anilines is 1. The molecule has 1 aromatic carbocycles. The lowest BCUT2D eigenvalue weighted by atomic mass is 10.2. The molecule has 0 saturated heterocycles. The molecule has 2 rings (SSSR count). The molecular formula is C15H15BrN2O2S. The van der Waals surface area contributed by atoms with E-state index >= 15 is 0 Å². The van der Waals surface area contributed by atoms with E-state index in [2.05, 4.69) is 26.6 Å². The van der Waals surface area contributed by atoms with Gasteiger partial charge < -0.3 is 10.6 Å². The molecule has 2 aromatic rings. The van der Waals surface area contributed by atoms with E-state index in [1.54, 1.807) is 24.3 Å². The number of amides is 2. The van der Waals surface area contributed by atoms with Crippen molar-refractivity contribution in [2.45, 2.75) is 13.3 Å². The first kappa shape index (κ1) is 15.7. The van der Waals surface area contributed by atoms with Crippen LogP contribution < -0.4 is 10.6 Å². The van der Waals surface area contributed by atoms with Crippen molar-refractivity contribution in [2.24, 2.45) is 0 Å². The van der Waals surface area contributed by atoms with Gasteiger partial charge in [0.2, 0.25) is 0 Å². The normalized spacial score (nSPS) is 10.2. The predicted molar refractivity (Wildman–Crippen MR) is 89.0 cm³/mol. The molecule has 1 aromatic heterocycles. The number of nitrogens with one attached hydrogen (secondary N) is 2. The summed E-state index contributed by atoms with van der Waals surface area (Å²) in [6.45, 7) is 2.63. The van der Waals surface area contributed by atoms with Gasteiger partial charge in [-0.1, -0.05) is 13.0 Å². The fraction of sp³-hybridized carbons (Fsp3) is 0.200. The number of thiophene rings is 1. The third-order valence-electron chi connectivity index (χ3n) is 2.74. The molecule has 21 heavy (non-hydrogen) atoms. The Morgan fingerprint density at radius 2 is 2.05 bits per heavy atom. The van der Waals surface area contributed by atoms with Gasteiger partial charge in [0, 0.05) is 22.3 Å². The van der Waals surface area contributed by atoms with Crippen LogP contribution in [0.4, 0.5) is 5.69 Å². The molecule has 0 aliphatic carbocycles. The van der Waals surface area contributed by atoms with Crippen molar-refractivity contribution in [3.8, 4) is 0 Å². The molecule has 0 spiro atoms. The highest BCUT2D eigenvalue weighted by Gasteiger charge is 2.12. The summed E-state index contributed by atoms with van der Waals surface area (Å²) in [4.78, 5) is 24.6. The summed E-state index contributed by atoms with van der Waals surface area (Å²) in [6, 6.07) is 8.73. The van der Waals surface area contributed by atoms with Crippen molar-refractivity contribution in [1.29, 1.82) is 0 Å². The van der Waals surface area contributed by atoms with Crippen LogP contribution in [0.15, 0.2) is 40.2 Å². The molecule has 0 atom stereocenters. The minimum atomic E-state index is -0.192. The molecule has 110 valence electrons. The van der Waals surface area contributed by atoms with Crippen LogP contribution >= 0.6 is 27.3 Å². The van der Waals surface area contributed by atoms with E-state index in [4.69, 9.17) is 0 Å². The Morgan fingerprint density at radius 3 is 2.71 bits per heavy atom. The molecule has 0 aliphatic heterocycles. The Morgan fingerprint density at radius 1 is 1.24 bits per heavy atom. The van der Waals surface area contributed by atoms with Crippen molar-refractivity contribution in [3.63, 3.8) is 0 Å². The van der Waals surface area contributed by atoms with E-state index in [0.29, 0.717) is 22.7 Å². The quantitative estimate of drug-likeness (QED) is 0.842. The summed E-state index contributed by atoms with van der Waals surface area (Å²) in [5.41, 5.74) is 1.14. The number of rotatable bonds is 5. The van der Waals surface area contributed by atoms with Crippen molar-refractivity contribution in [2.75, 3.05) is 11.9 Å². The monoisotopic (exact) mass is 366 g/mol. The maximum atomic E-state index is 12.1. The van der Waals surface area contributed by atoms with Crippen LogP contribution in [0.1, 0.15) is 33.4 Å². The highest BCUT2D eigenvalue weighted by atomic mass is 79.9. The molecular weight excluding hydrogens is 352 g/mol. The SMILES string of the molecule is CCCNC(=O)c1cccc(NC(=O)c2sccc2Br)c1. The molecule has 4 nitrogen and oxygen atoms in total. The van der Waals surface area contributed by atoms with E-state index in [1.165, 1.54) is 11.3 Å². The number of hydrogen-bond acceptors (Lipinski definition) is 3. The first-order valence-electron chi connectivity index (χ1n) is 6.54. The average Bonchev–Trinajstić information content (AvgIpc) is 2.91. The Hall–Kier alpha value is -1.66. The van der Waals surface area contributed by atoms with E-state index in [-0.39, 0.29) is 11.8 Å². The van der Waals surface area contributed by atoms with Gasteiger partial charge in [-0.15, -0.1) is 11.3 Å². The van der Waals surface area contributed by atoms with Crippen LogP contribution in [0, 0.1) is 0 Å². The van der Waals surface area contributed by atoms with Gasteiger partial charge in [0.05, 0.1) is 0 Å². The van der Waals surface area contributed by atoms with Gasteiger partial charge in [-0.05, 0) is 52.0 Å². The summed E-state index contributed by atoms with van der Waals surface area (Å²) < 4.78 is 0.766. The maximum Gasteiger partial charge on any atom is 0.266 e. The average molecular weight is 367 g/mol. The molecule has 2 N–H and O–H groups in total. The molecule has 0 fully saturated rings. The van der Waals surface area contributed by atoms with Gasteiger partial charge in [0.15, 0.2) is 0 Å². The van der Waals surface area contributed by atoms with Gasteiger partial charge >= 0.3 is 0 Å². The second-order valence-electron chi connectivity index (χ2n) is 4.39. The molecule has 0 unspecified atom stereocenters. The highest BCUT2D eigenvalue weighted by molar-refractivity contribution is 9.10. The summed E-state index contributed by atoms with van der Waals surface area (Å²) in [5.74, 6) is -0.326. The third-order valence-corrected chi connectivity index (χ3v) is 4.58. The van der Waals surface area contributed by atoms with Crippen LogP contribution in [-0.2, 0) is 0 Å². The van der Waals surface area contributed by atoms with Crippen LogP contribution in [0.2, 0.25) is 0 Å². The van der Waals surface area contributed by atoms with Crippen molar-refractivity contribution >= 4 is 44.8 Å². The molecule has 2 amide bonds. The summed E-state index contributed by atoms with van der Waals surface area (Å²) in [7, 11) is 0. The number of halogens is 1. The standard InChI is InChI=1S/C15H15BrN2O2S/c1-2-7-17-14(19)10-4-3-5-11(9-10)18-15(20)13-12(16)6-8-21-13/h3-6,8-9H,2,7H2,1H3,(H,17,19)(H,18,20). The van der Waals surface area contributed by atoms with E-state index < -0.39 is 0 Å². The molecule has 0 aliphatic rings. The minimum Gasteiger partial charge on any atom is -0.352 e. The maximum absolute atomic E-state index is 12.1. The van der Waals surface area contributed by atoms with Crippen molar-refractivity contribution < 1.29 is 9.59 Å². The lowest BCUT2D eigenvalue weighted by Gasteiger charge is -2.07. The van der Waals surface area contributed by atoms with Crippen molar-refractivity contribution in [1.82, 2.24) is 5.32 Å². The summed E-state index contributed by atoms with van der Waals surface area (Å²) >= 11 is 4.69. The van der Waals surface area contributed by atoms with Gasteiger partial charge in [-0.25, -0.2) is 0 Å². The largest absolute Gasteiger partial charge is 0.352 e. The first-order chi connectivity index (χ1) is 10.1. The Bertz CT molecular complexity index is 655. The van der Waals surface area contributed by atoms with E-state index in [9.17, 15) is 9.59 Å². The van der Waals surface area contributed by atoms with Gasteiger partial charge in [0.1, 0.15) is 4.88 Å². The zero-order chi connectivity index (χ0) is 15.2. The second kappa shape index (κ2) is 7.38. The fourth-order valence-corrected chi connectivity index (χ4v) is 3.17. The van der Waals surface area contributed by atoms with Gasteiger partial charge in [0.25, 0.3) is 11.8 Å². The summed E-state index contributed by atoms with van der Waals surface area (Å²) in [6.07, 6.45) is 0.884. The Balaban J connectivity index is 2.09. The fourth-order valence-electron chi connectivity index (χ4n) is 1.72. The van der Waals surface area contributed by atoms with Crippen LogP contribution in [0.25, 0.3) is 0 Å². The predicted octanol–water partition coefficient (Wildman–Crippen LogP) is 3.90. The van der Waals surface area contributed by atoms with Crippen LogP contribution in [-0.4, -0.2) is 18.4 Å². The second-order valence-corrected chi connectivity index (χ2v) is 6.16. The number of benzene rings is 1. The molecule has 0 radical (unpaired) electrons. The third kappa shape index (κ3) is 4.15.